The number of aliphatic hydroxyl groups is 1. The van der Waals surface area contributed by atoms with Crippen LogP contribution in [0.5, 0.6) is 5.75 Å². The van der Waals surface area contributed by atoms with Crippen molar-refractivity contribution in [2.75, 3.05) is 11.9 Å². The average molecular weight is 276 g/mol. The van der Waals surface area contributed by atoms with Crippen molar-refractivity contribution in [2.45, 2.75) is 26.0 Å². The molecule has 0 fully saturated rings. The van der Waals surface area contributed by atoms with Gasteiger partial charge < -0.3 is 15.2 Å². The van der Waals surface area contributed by atoms with Crippen molar-refractivity contribution in [1.29, 1.82) is 0 Å². The first-order valence-corrected chi connectivity index (χ1v) is 5.54. The van der Waals surface area contributed by atoms with Crippen molar-refractivity contribution in [3.63, 3.8) is 0 Å². The first-order valence-electron chi connectivity index (χ1n) is 5.54. The largest absolute Gasteiger partial charge is 0.427 e. The van der Waals surface area contributed by atoms with Gasteiger partial charge in [0.1, 0.15) is 0 Å². The maximum absolute atomic E-state index is 12.2. The van der Waals surface area contributed by atoms with Crippen LogP contribution < -0.4 is 10.1 Å². The van der Waals surface area contributed by atoms with Crippen molar-refractivity contribution in [1.82, 2.24) is 0 Å². The zero-order valence-corrected chi connectivity index (χ0v) is 10.2. The number of anilines is 1. The van der Waals surface area contributed by atoms with Gasteiger partial charge in [0.25, 0.3) is 0 Å². The number of halogens is 2. The van der Waals surface area contributed by atoms with Gasteiger partial charge in [-0.25, -0.2) is 0 Å². The summed E-state index contributed by atoms with van der Waals surface area (Å²) in [6.45, 7) is -1.38. The molecule has 0 spiro atoms. The lowest BCUT2D eigenvalue weighted by Gasteiger charge is -2.15. The molecule has 1 aromatic carbocycles. The molecule has 0 amide bonds. The number of nitrogens with zero attached hydrogens (tertiary/aromatic N) is 1. The number of ether oxygens (including phenoxy) is 1. The van der Waals surface area contributed by atoms with Crippen LogP contribution in [0.1, 0.15) is 13.3 Å². The maximum atomic E-state index is 12.2. The molecule has 0 saturated carbocycles. The van der Waals surface area contributed by atoms with Gasteiger partial charge in [0.15, 0.2) is 0 Å². The summed E-state index contributed by atoms with van der Waals surface area (Å²) in [4.78, 5) is 9.87. The predicted octanol–water partition coefficient (Wildman–Crippen LogP) is 2.38. The highest BCUT2D eigenvalue weighted by molar-refractivity contribution is 5.58. The topological polar surface area (TPSA) is 84.6 Å². The average Bonchev–Trinajstić information content (AvgIpc) is 2.28. The van der Waals surface area contributed by atoms with E-state index in [2.05, 4.69) is 10.1 Å². The van der Waals surface area contributed by atoms with E-state index >= 15 is 0 Å². The first-order chi connectivity index (χ1) is 8.93. The minimum absolute atomic E-state index is 0.0263. The van der Waals surface area contributed by atoms with Gasteiger partial charge in [0.2, 0.25) is 5.75 Å². The summed E-state index contributed by atoms with van der Waals surface area (Å²) >= 11 is 0. The molecule has 0 aliphatic carbocycles. The molecule has 0 saturated heterocycles. The first kappa shape index (κ1) is 15.1. The fourth-order valence-corrected chi connectivity index (χ4v) is 1.50. The molecule has 1 aromatic rings. The maximum Gasteiger partial charge on any atom is 0.387 e. The van der Waals surface area contributed by atoms with E-state index in [9.17, 15) is 18.9 Å². The molecule has 1 rings (SSSR count). The molecule has 0 aromatic heterocycles. The second-order valence-electron chi connectivity index (χ2n) is 3.88. The number of rotatable bonds is 7. The van der Waals surface area contributed by atoms with E-state index in [0.29, 0.717) is 12.1 Å². The SMILES string of the molecule is C[C@@H](CCO)Nc1ccc([N+](=O)[O-])c(OC(F)F)c1. The van der Waals surface area contributed by atoms with Gasteiger partial charge in [-0.05, 0) is 19.4 Å². The Kier molecular flexibility index (Phi) is 5.43. The van der Waals surface area contributed by atoms with Crippen LogP contribution in [0.2, 0.25) is 0 Å². The summed E-state index contributed by atoms with van der Waals surface area (Å²) in [5.41, 5.74) is -0.122. The smallest absolute Gasteiger partial charge is 0.387 e. The normalized spacial score (nSPS) is 12.3. The zero-order valence-electron chi connectivity index (χ0n) is 10.2. The van der Waals surface area contributed by atoms with Crippen LogP contribution in [0, 0.1) is 10.1 Å². The van der Waals surface area contributed by atoms with Crippen LogP contribution in [0.4, 0.5) is 20.2 Å². The van der Waals surface area contributed by atoms with E-state index in [4.69, 9.17) is 5.11 Å². The third kappa shape index (κ3) is 4.66. The van der Waals surface area contributed by atoms with E-state index in [1.165, 1.54) is 6.07 Å². The molecule has 1 atom stereocenters. The quantitative estimate of drug-likeness (QED) is 0.590. The second-order valence-corrected chi connectivity index (χ2v) is 3.88. The summed E-state index contributed by atoms with van der Waals surface area (Å²) in [5, 5.41) is 22.3. The zero-order chi connectivity index (χ0) is 14.4. The Labute approximate surface area is 108 Å². The van der Waals surface area contributed by atoms with Gasteiger partial charge in [-0.1, -0.05) is 0 Å². The van der Waals surface area contributed by atoms with Crippen LogP contribution >= 0.6 is 0 Å². The Bertz CT molecular complexity index is 443. The lowest BCUT2D eigenvalue weighted by Crippen LogP contribution is -2.16. The lowest BCUT2D eigenvalue weighted by atomic mass is 10.2. The third-order valence-electron chi connectivity index (χ3n) is 2.35. The molecule has 0 radical (unpaired) electrons. The number of nitro groups is 1. The molecule has 0 aliphatic rings. The van der Waals surface area contributed by atoms with Crippen LogP contribution in [-0.2, 0) is 0 Å². The summed E-state index contributed by atoms with van der Waals surface area (Å²) < 4.78 is 28.5. The molecule has 2 N–H and O–H groups in total. The minimum Gasteiger partial charge on any atom is -0.427 e. The second kappa shape index (κ2) is 6.83. The number of hydrogen-bond acceptors (Lipinski definition) is 5. The third-order valence-corrected chi connectivity index (χ3v) is 2.35. The lowest BCUT2D eigenvalue weighted by molar-refractivity contribution is -0.386. The monoisotopic (exact) mass is 276 g/mol. The van der Waals surface area contributed by atoms with Gasteiger partial charge in [-0.3, -0.25) is 10.1 Å². The summed E-state index contributed by atoms with van der Waals surface area (Å²) in [5.74, 6) is -0.499. The number of aliphatic hydroxyl groups excluding tert-OH is 1. The highest BCUT2D eigenvalue weighted by atomic mass is 19.3. The predicted molar refractivity (Wildman–Crippen MR) is 64.5 cm³/mol. The number of nitro benzene ring substituents is 1. The van der Waals surface area contributed by atoms with E-state index in [0.717, 1.165) is 12.1 Å². The Balaban J connectivity index is 2.94. The van der Waals surface area contributed by atoms with Crippen molar-refractivity contribution in [3.05, 3.63) is 28.3 Å². The molecule has 0 bridgehead atoms. The summed E-state index contributed by atoms with van der Waals surface area (Å²) in [6, 6.07) is 3.51. The Morgan fingerprint density at radius 1 is 1.53 bits per heavy atom. The number of alkyl halides is 2. The molecule has 8 heteroatoms. The molecule has 6 nitrogen and oxygen atoms in total. The Hall–Kier alpha value is -1.96. The fraction of sp³-hybridized carbons (Fsp3) is 0.455. The standard InChI is InChI=1S/C11H14F2N2O4/c1-7(4-5-16)14-8-2-3-9(15(17)18)10(6-8)19-11(12)13/h2-3,6-7,11,14,16H,4-5H2,1H3/t7-/m0/s1. The molecule has 19 heavy (non-hydrogen) atoms. The highest BCUT2D eigenvalue weighted by Gasteiger charge is 2.19. The van der Waals surface area contributed by atoms with Crippen molar-refractivity contribution >= 4 is 11.4 Å². The van der Waals surface area contributed by atoms with Crippen molar-refractivity contribution in [2.24, 2.45) is 0 Å². The molecular weight excluding hydrogens is 262 g/mol. The molecule has 106 valence electrons. The van der Waals surface area contributed by atoms with E-state index in [-0.39, 0.29) is 12.6 Å². The van der Waals surface area contributed by atoms with Crippen LogP contribution in [0.15, 0.2) is 18.2 Å². The van der Waals surface area contributed by atoms with E-state index in [1.807, 2.05) is 0 Å². The van der Waals surface area contributed by atoms with Gasteiger partial charge in [-0.2, -0.15) is 8.78 Å². The summed E-state index contributed by atoms with van der Waals surface area (Å²) in [6.07, 6.45) is 0.460. The van der Waals surface area contributed by atoms with Crippen LogP contribution in [-0.4, -0.2) is 29.3 Å². The van der Waals surface area contributed by atoms with Crippen molar-refractivity contribution in [3.8, 4) is 5.75 Å². The van der Waals surface area contributed by atoms with Gasteiger partial charge in [0, 0.05) is 30.5 Å². The molecule has 0 unspecified atom stereocenters. The number of benzene rings is 1. The van der Waals surface area contributed by atoms with Crippen molar-refractivity contribution < 1.29 is 23.5 Å². The number of nitrogens with one attached hydrogen (secondary N) is 1. The van der Waals surface area contributed by atoms with E-state index < -0.39 is 23.0 Å². The minimum atomic E-state index is -3.14. The Morgan fingerprint density at radius 3 is 2.74 bits per heavy atom. The van der Waals surface area contributed by atoms with Gasteiger partial charge in [-0.15, -0.1) is 0 Å². The molecule has 0 heterocycles. The van der Waals surface area contributed by atoms with Crippen LogP contribution in [0.3, 0.4) is 0 Å². The van der Waals surface area contributed by atoms with Gasteiger partial charge in [0.05, 0.1) is 4.92 Å². The molecular formula is C11H14F2N2O4. The fourth-order valence-electron chi connectivity index (χ4n) is 1.50. The van der Waals surface area contributed by atoms with Gasteiger partial charge >= 0.3 is 12.3 Å². The summed E-state index contributed by atoms with van der Waals surface area (Å²) in [7, 11) is 0. The Morgan fingerprint density at radius 2 is 2.21 bits per heavy atom. The molecule has 0 aliphatic heterocycles. The van der Waals surface area contributed by atoms with Crippen LogP contribution in [0.25, 0.3) is 0 Å². The highest BCUT2D eigenvalue weighted by Crippen LogP contribution is 2.31. The van der Waals surface area contributed by atoms with E-state index in [1.54, 1.807) is 6.92 Å². The number of hydrogen-bond donors (Lipinski definition) is 2.